The first-order valence-corrected chi connectivity index (χ1v) is 9.05. The van der Waals surface area contributed by atoms with Crippen LogP contribution in [0.25, 0.3) is 11.1 Å². The van der Waals surface area contributed by atoms with Crippen LogP contribution in [0.3, 0.4) is 0 Å². The molecule has 1 aliphatic heterocycles. The second kappa shape index (κ2) is 6.97. The molecule has 9 heteroatoms. The standard InChI is InChI=1S/C19H24BF2N3O3/c1-11-13(9-25(24-11)10-15(26)23-6)12-7-8-14(17(22)16(12)21)20-27-18(2,3)19(4,5)28-20/h7-9H,10H2,1-6H3,(H,23,26). The zero-order valence-electron chi connectivity index (χ0n) is 16.9. The van der Waals surface area contributed by atoms with E-state index in [0.717, 1.165) is 0 Å². The summed E-state index contributed by atoms with van der Waals surface area (Å²) in [6.07, 6.45) is 1.52. The highest BCUT2D eigenvalue weighted by Gasteiger charge is 2.52. The van der Waals surface area contributed by atoms with Gasteiger partial charge in [0.05, 0.1) is 16.9 Å². The topological polar surface area (TPSA) is 65.4 Å². The van der Waals surface area contributed by atoms with Gasteiger partial charge in [-0.3, -0.25) is 9.48 Å². The van der Waals surface area contributed by atoms with E-state index in [1.54, 1.807) is 6.92 Å². The van der Waals surface area contributed by atoms with Gasteiger partial charge in [0.1, 0.15) is 6.54 Å². The van der Waals surface area contributed by atoms with E-state index in [1.807, 2.05) is 27.7 Å². The summed E-state index contributed by atoms with van der Waals surface area (Å²) in [7, 11) is 0.522. The largest absolute Gasteiger partial charge is 0.497 e. The fraction of sp³-hybridized carbons (Fsp3) is 0.474. The third-order valence-corrected chi connectivity index (χ3v) is 5.44. The van der Waals surface area contributed by atoms with Crippen molar-refractivity contribution in [1.82, 2.24) is 15.1 Å². The Hall–Kier alpha value is -2.26. The maximum Gasteiger partial charge on any atom is 0.497 e. The molecule has 1 N–H and O–H groups in total. The first-order valence-electron chi connectivity index (χ1n) is 9.05. The van der Waals surface area contributed by atoms with Gasteiger partial charge >= 0.3 is 7.12 Å². The number of nitrogens with zero attached hydrogens (tertiary/aromatic N) is 2. The molecule has 2 heterocycles. The molecule has 0 unspecified atom stereocenters. The van der Waals surface area contributed by atoms with Crippen LogP contribution >= 0.6 is 0 Å². The smallest absolute Gasteiger partial charge is 0.399 e. The van der Waals surface area contributed by atoms with Crippen molar-refractivity contribution in [3.8, 4) is 11.1 Å². The number of carbonyl (C=O) groups is 1. The molecule has 3 rings (SSSR count). The van der Waals surface area contributed by atoms with Crippen molar-refractivity contribution in [2.24, 2.45) is 0 Å². The van der Waals surface area contributed by atoms with Crippen molar-refractivity contribution in [1.29, 1.82) is 0 Å². The lowest BCUT2D eigenvalue weighted by molar-refractivity contribution is -0.121. The van der Waals surface area contributed by atoms with E-state index in [4.69, 9.17) is 9.31 Å². The zero-order chi connectivity index (χ0) is 20.9. The first kappa shape index (κ1) is 20.5. The van der Waals surface area contributed by atoms with Gasteiger partial charge in [-0.2, -0.15) is 5.10 Å². The Balaban J connectivity index is 1.95. The molecule has 0 saturated carbocycles. The summed E-state index contributed by atoms with van der Waals surface area (Å²) < 4.78 is 42.8. The fourth-order valence-corrected chi connectivity index (χ4v) is 3.01. The lowest BCUT2D eigenvalue weighted by Gasteiger charge is -2.32. The minimum absolute atomic E-state index is 0.00650. The molecule has 1 fully saturated rings. The van der Waals surface area contributed by atoms with E-state index < -0.39 is 30.0 Å². The molecule has 1 aromatic heterocycles. The van der Waals surface area contributed by atoms with Gasteiger partial charge < -0.3 is 14.6 Å². The minimum atomic E-state index is -1.02. The monoisotopic (exact) mass is 391 g/mol. The maximum absolute atomic E-state index is 14.9. The number of halogens is 2. The molecule has 1 aliphatic rings. The Morgan fingerprint density at radius 3 is 2.32 bits per heavy atom. The van der Waals surface area contributed by atoms with E-state index in [2.05, 4.69) is 10.4 Å². The molecule has 2 aromatic rings. The van der Waals surface area contributed by atoms with Crippen LogP contribution < -0.4 is 10.8 Å². The summed E-state index contributed by atoms with van der Waals surface area (Å²) in [4.78, 5) is 11.5. The van der Waals surface area contributed by atoms with Crippen molar-refractivity contribution in [2.45, 2.75) is 52.4 Å². The molecular formula is C19H24BF2N3O3. The first-order chi connectivity index (χ1) is 13.0. The Kier molecular flexibility index (Phi) is 5.10. The fourth-order valence-electron chi connectivity index (χ4n) is 3.01. The van der Waals surface area contributed by atoms with Gasteiger partial charge in [-0.05, 0) is 34.6 Å². The summed E-state index contributed by atoms with van der Waals surface area (Å²) >= 11 is 0. The molecule has 0 spiro atoms. The van der Waals surface area contributed by atoms with Gasteiger partial charge in [-0.1, -0.05) is 12.1 Å². The van der Waals surface area contributed by atoms with Crippen LogP contribution in [-0.2, 0) is 20.6 Å². The molecule has 1 amide bonds. The Morgan fingerprint density at radius 2 is 1.75 bits per heavy atom. The number of hydrogen-bond acceptors (Lipinski definition) is 4. The number of amides is 1. The van der Waals surface area contributed by atoms with Gasteiger partial charge in [-0.25, -0.2) is 8.78 Å². The average Bonchev–Trinajstić information content (AvgIpc) is 3.05. The lowest BCUT2D eigenvalue weighted by Crippen LogP contribution is -2.41. The van der Waals surface area contributed by atoms with E-state index in [-0.39, 0.29) is 23.5 Å². The number of carbonyl (C=O) groups excluding carboxylic acids is 1. The van der Waals surface area contributed by atoms with Crippen molar-refractivity contribution < 1.29 is 22.9 Å². The van der Waals surface area contributed by atoms with Crippen LogP contribution in [0.15, 0.2) is 18.3 Å². The van der Waals surface area contributed by atoms with E-state index in [1.165, 1.54) is 30.1 Å². The summed E-state index contributed by atoms with van der Waals surface area (Å²) in [6, 6.07) is 2.94. The van der Waals surface area contributed by atoms with Crippen LogP contribution in [0.2, 0.25) is 0 Å². The van der Waals surface area contributed by atoms with Gasteiger partial charge in [-0.15, -0.1) is 0 Å². The molecule has 6 nitrogen and oxygen atoms in total. The van der Waals surface area contributed by atoms with Gasteiger partial charge in [0.15, 0.2) is 11.6 Å². The summed E-state index contributed by atoms with van der Waals surface area (Å²) in [5.41, 5.74) is -0.326. The molecule has 0 aliphatic carbocycles. The highest BCUT2D eigenvalue weighted by molar-refractivity contribution is 6.62. The number of likely N-dealkylation sites (N-methyl/N-ethyl adjacent to an activating group) is 1. The molecule has 1 aromatic carbocycles. The minimum Gasteiger partial charge on any atom is -0.399 e. The predicted octanol–water partition coefficient (Wildman–Crippen LogP) is 2.18. The normalized spacial score (nSPS) is 17.8. The molecule has 0 atom stereocenters. The second-order valence-electron chi connectivity index (χ2n) is 7.92. The van der Waals surface area contributed by atoms with Gasteiger partial charge in [0.2, 0.25) is 5.91 Å². The van der Waals surface area contributed by atoms with E-state index >= 15 is 0 Å². The van der Waals surface area contributed by atoms with E-state index in [9.17, 15) is 13.6 Å². The van der Waals surface area contributed by atoms with Crippen molar-refractivity contribution in [2.75, 3.05) is 7.05 Å². The number of aromatic nitrogens is 2. The van der Waals surface area contributed by atoms with Crippen molar-refractivity contribution in [3.05, 3.63) is 35.7 Å². The molecular weight excluding hydrogens is 367 g/mol. The highest BCUT2D eigenvalue weighted by Crippen LogP contribution is 2.37. The Morgan fingerprint density at radius 1 is 1.14 bits per heavy atom. The summed E-state index contributed by atoms with van der Waals surface area (Å²) in [5.74, 6) is -2.26. The Labute approximate surface area is 163 Å². The van der Waals surface area contributed by atoms with Crippen LogP contribution in [-0.4, -0.2) is 41.1 Å². The van der Waals surface area contributed by atoms with Crippen LogP contribution in [0.5, 0.6) is 0 Å². The quantitative estimate of drug-likeness (QED) is 0.812. The molecule has 0 bridgehead atoms. The highest BCUT2D eigenvalue weighted by atomic mass is 19.2. The third-order valence-electron chi connectivity index (χ3n) is 5.44. The average molecular weight is 391 g/mol. The molecule has 1 saturated heterocycles. The van der Waals surface area contributed by atoms with Crippen LogP contribution in [0.4, 0.5) is 8.78 Å². The zero-order valence-corrected chi connectivity index (χ0v) is 16.9. The number of aryl methyl sites for hydroxylation is 1. The maximum atomic E-state index is 14.9. The second-order valence-corrected chi connectivity index (χ2v) is 7.92. The third kappa shape index (κ3) is 3.44. The van der Waals surface area contributed by atoms with Crippen molar-refractivity contribution >= 4 is 18.5 Å². The predicted molar refractivity (Wildman–Crippen MR) is 102 cm³/mol. The van der Waals surface area contributed by atoms with Gasteiger partial charge in [0.25, 0.3) is 0 Å². The number of nitrogens with one attached hydrogen (secondary N) is 1. The number of hydrogen-bond donors (Lipinski definition) is 1. The lowest BCUT2D eigenvalue weighted by atomic mass is 9.78. The van der Waals surface area contributed by atoms with E-state index in [0.29, 0.717) is 11.3 Å². The summed E-state index contributed by atoms with van der Waals surface area (Å²) in [5, 5.41) is 6.69. The van der Waals surface area contributed by atoms with Crippen LogP contribution in [0, 0.1) is 18.6 Å². The SMILES string of the molecule is CNC(=O)Cn1cc(-c2ccc(B3OC(C)(C)C(C)(C)O3)c(F)c2F)c(C)n1. The van der Waals surface area contributed by atoms with Crippen molar-refractivity contribution in [3.63, 3.8) is 0 Å². The molecule has 150 valence electrons. The summed E-state index contributed by atoms with van der Waals surface area (Å²) in [6.45, 7) is 9.06. The number of benzene rings is 1. The Bertz CT molecular complexity index is 911. The molecule has 0 radical (unpaired) electrons. The number of rotatable bonds is 4. The van der Waals surface area contributed by atoms with Gasteiger partial charge in [0, 0.05) is 29.8 Å². The molecule has 28 heavy (non-hydrogen) atoms. The van der Waals surface area contributed by atoms with Crippen LogP contribution in [0.1, 0.15) is 33.4 Å².